The van der Waals surface area contributed by atoms with Crippen LogP contribution in [0.2, 0.25) is 0 Å². The molecule has 180 valence electrons. The summed E-state index contributed by atoms with van der Waals surface area (Å²) in [6.07, 6.45) is 4.40. The average molecular weight is 479 g/mol. The highest BCUT2D eigenvalue weighted by molar-refractivity contribution is 5.77. The lowest BCUT2D eigenvalue weighted by atomic mass is 10.0. The number of hydrogen-bond donors (Lipinski definition) is 1. The molecular weight excluding hydrogens is 452 g/mol. The predicted molar refractivity (Wildman–Crippen MR) is 138 cm³/mol. The fourth-order valence-corrected chi connectivity index (χ4v) is 4.19. The molecule has 3 aromatic carbocycles. The van der Waals surface area contributed by atoms with E-state index in [2.05, 4.69) is 4.98 Å². The van der Waals surface area contributed by atoms with Crippen molar-refractivity contribution in [2.24, 2.45) is 0 Å². The quantitative estimate of drug-likeness (QED) is 0.267. The van der Waals surface area contributed by atoms with E-state index in [4.69, 9.17) is 9.15 Å². The van der Waals surface area contributed by atoms with Crippen LogP contribution in [-0.2, 0) is 17.6 Å². The molecule has 0 aliphatic heterocycles. The molecule has 5 rings (SSSR count). The van der Waals surface area contributed by atoms with Gasteiger partial charge in [0.15, 0.2) is 0 Å². The number of carbonyl (C=O) groups is 1. The Morgan fingerprint density at radius 3 is 2.42 bits per heavy atom. The van der Waals surface area contributed by atoms with Crippen molar-refractivity contribution in [1.29, 1.82) is 0 Å². The van der Waals surface area contributed by atoms with E-state index in [1.807, 2.05) is 109 Å². The van der Waals surface area contributed by atoms with Gasteiger partial charge in [0.05, 0.1) is 18.7 Å². The molecule has 5 aromatic rings. The molecule has 0 atom stereocenters. The number of nitrogens with zero attached hydrogens (tertiary/aromatic N) is 2. The molecular formula is C30H26N2O4. The Bertz CT molecular complexity index is 1470. The van der Waals surface area contributed by atoms with Gasteiger partial charge in [-0.25, -0.2) is 4.98 Å². The van der Waals surface area contributed by atoms with Crippen molar-refractivity contribution in [3.63, 3.8) is 0 Å². The highest BCUT2D eigenvalue weighted by Crippen LogP contribution is 2.30. The standard InChI is InChI=1S/C30H26N2O4/c1-21-28(31-30(36-21)22-9-4-2-5-10-22)15-16-35-26-14-8-11-23(17-26)27-20-32(19-24(27)18-29(33)34)25-12-6-3-7-13-25/h2-14,17,19-20H,15-16,18H2,1H3,(H,33,34). The van der Waals surface area contributed by atoms with E-state index in [0.717, 1.165) is 39.4 Å². The Kier molecular flexibility index (Phi) is 6.67. The summed E-state index contributed by atoms with van der Waals surface area (Å²) in [5.74, 6) is 1.24. The van der Waals surface area contributed by atoms with Crippen molar-refractivity contribution in [1.82, 2.24) is 9.55 Å². The van der Waals surface area contributed by atoms with Crippen LogP contribution in [0.25, 0.3) is 28.3 Å². The fourth-order valence-electron chi connectivity index (χ4n) is 4.19. The zero-order valence-corrected chi connectivity index (χ0v) is 19.9. The van der Waals surface area contributed by atoms with Gasteiger partial charge in [-0.05, 0) is 54.4 Å². The molecule has 0 spiro atoms. The van der Waals surface area contributed by atoms with Crippen molar-refractivity contribution in [2.75, 3.05) is 6.61 Å². The van der Waals surface area contributed by atoms with Crippen molar-refractivity contribution in [2.45, 2.75) is 19.8 Å². The Balaban J connectivity index is 1.32. The van der Waals surface area contributed by atoms with Gasteiger partial charge < -0.3 is 18.8 Å². The number of hydrogen-bond acceptors (Lipinski definition) is 4. The number of carboxylic acids is 1. The number of ether oxygens (including phenoxy) is 1. The average Bonchev–Trinajstić information content (AvgIpc) is 3.48. The number of aromatic nitrogens is 2. The third kappa shape index (κ3) is 5.23. The minimum atomic E-state index is -0.868. The smallest absolute Gasteiger partial charge is 0.307 e. The molecule has 0 saturated carbocycles. The second kappa shape index (κ2) is 10.4. The first-order valence-electron chi connectivity index (χ1n) is 11.8. The van der Waals surface area contributed by atoms with E-state index >= 15 is 0 Å². The summed E-state index contributed by atoms with van der Waals surface area (Å²) < 4.78 is 13.9. The first kappa shape index (κ1) is 23.2. The van der Waals surface area contributed by atoms with Crippen molar-refractivity contribution < 1.29 is 19.1 Å². The number of benzene rings is 3. The van der Waals surface area contributed by atoms with Crippen LogP contribution < -0.4 is 4.74 Å². The summed E-state index contributed by atoms with van der Waals surface area (Å²) in [6.45, 7) is 2.36. The predicted octanol–water partition coefficient (Wildman–Crippen LogP) is 6.36. The summed E-state index contributed by atoms with van der Waals surface area (Å²) in [7, 11) is 0. The maximum atomic E-state index is 11.5. The third-order valence-electron chi connectivity index (χ3n) is 5.97. The molecule has 6 heteroatoms. The number of para-hydroxylation sites is 1. The van der Waals surface area contributed by atoms with Crippen LogP contribution in [0.15, 0.2) is 102 Å². The molecule has 1 N–H and O–H groups in total. The Morgan fingerprint density at radius 1 is 0.944 bits per heavy atom. The van der Waals surface area contributed by atoms with Crippen molar-refractivity contribution in [3.05, 3.63) is 114 Å². The van der Waals surface area contributed by atoms with Crippen LogP contribution in [0.4, 0.5) is 0 Å². The number of rotatable bonds is 9. The van der Waals surface area contributed by atoms with Gasteiger partial charge in [-0.15, -0.1) is 0 Å². The lowest BCUT2D eigenvalue weighted by Gasteiger charge is -2.08. The minimum Gasteiger partial charge on any atom is -0.493 e. The van der Waals surface area contributed by atoms with Crippen LogP contribution in [0, 0.1) is 6.92 Å². The lowest BCUT2D eigenvalue weighted by Crippen LogP contribution is -2.03. The highest BCUT2D eigenvalue weighted by Gasteiger charge is 2.15. The summed E-state index contributed by atoms with van der Waals surface area (Å²) >= 11 is 0. The molecule has 0 aliphatic rings. The second-order valence-electron chi connectivity index (χ2n) is 8.52. The van der Waals surface area contributed by atoms with Crippen LogP contribution >= 0.6 is 0 Å². The minimum absolute atomic E-state index is 0.0601. The fraction of sp³-hybridized carbons (Fsp3) is 0.133. The van der Waals surface area contributed by atoms with E-state index in [9.17, 15) is 9.90 Å². The van der Waals surface area contributed by atoms with Crippen molar-refractivity contribution >= 4 is 5.97 Å². The number of aryl methyl sites for hydroxylation is 1. The maximum Gasteiger partial charge on any atom is 0.307 e. The van der Waals surface area contributed by atoms with Crippen LogP contribution in [0.5, 0.6) is 5.75 Å². The number of aliphatic carboxylic acids is 1. The van der Waals surface area contributed by atoms with Gasteiger partial charge in [-0.1, -0.05) is 48.5 Å². The molecule has 2 aromatic heterocycles. The van der Waals surface area contributed by atoms with E-state index in [-0.39, 0.29) is 6.42 Å². The molecule has 0 fully saturated rings. The normalized spacial score (nSPS) is 10.9. The number of oxazole rings is 1. The molecule has 0 amide bonds. The van der Waals surface area contributed by atoms with Gasteiger partial charge in [0, 0.05) is 35.6 Å². The van der Waals surface area contributed by atoms with Crippen LogP contribution in [0.1, 0.15) is 17.0 Å². The van der Waals surface area contributed by atoms with E-state index in [1.165, 1.54) is 0 Å². The Labute approximate surface area is 209 Å². The lowest BCUT2D eigenvalue weighted by molar-refractivity contribution is -0.136. The van der Waals surface area contributed by atoms with Gasteiger partial charge in [-0.2, -0.15) is 0 Å². The van der Waals surface area contributed by atoms with Gasteiger partial charge in [0.25, 0.3) is 0 Å². The summed E-state index contributed by atoms with van der Waals surface area (Å²) in [5.41, 5.74) is 5.30. The second-order valence-corrected chi connectivity index (χ2v) is 8.52. The Hall–Kier alpha value is -4.58. The van der Waals surface area contributed by atoms with Crippen LogP contribution in [0.3, 0.4) is 0 Å². The zero-order valence-electron chi connectivity index (χ0n) is 19.9. The van der Waals surface area contributed by atoms with E-state index < -0.39 is 5.97 Å². The topological polar surface area (TPSA) is 77.5 Å². The maximum absolute atomic E-state index is 11.5. The highest BCUT2D eigenvalue weighted by atomic mass is 16.5. The summed E-state index contributed by atoms with van der Waals surface area (Å²) in [6, 6.07) is 27.4. The van der Waals surface area contributed by atoms with Gasteiger partial charge in [-0.3, -0.25) is 4.79 Å². The molecule has 0 radical (unpaired) electrons. The largest absolute Gasteiger partial charge is 0.493 e. The molecule has 0 saturated heterocycles. The monoisotopic (exact) mass is 478 g/mol. The summed E-state index contributed by atoms with van der Waals surface area (Å²) in [5, 5.41) is 9.45. The van der Waals surface area contributed by atoms with E-state index in [0.29, 0.717) is 24.7 Å². The van der Waals surface area contributed by atoms with Gasteiger partial charge in [0.1, 0.15) is 11.5 Å². The van der Waals surface area contributed by atoms with Gasteiger partial charge >= 0.3 is 5.97 Å². The zero-order chi connectivity index (χ0) is 24.9. The van der Waals surface area contributed by atoms with Gasteiger partial charge in [0.2, 0.25) is 5.89 Å². The molecule has 36 heavy (non-hydrogen) atoms. The Morgan fingerprint density at radius 2 is 1.67 bits per heavy atom. The molecule has 6 nitrogen and oxygen atoms in total. The molecule has 0 aliphatic carbocycles. The summed E-state index contributed by atoms with van der Waals surface area (Å²) in [4.78, 5) is 16.2. The molecule has 2 heterocycles. The molecule has 0 unspecified atom stereocenters. The number of carboxylic acid groups (broad SMARTS) is 1. The van der Waals surface area contributed by atoms with Crippen LogP contribution in [-0.4, -0.2) is 27.2 Å². The first-order chi connectivity index (χ1) is 17.6. The molecule has 0 bridgehead atoms. The first-order valence-corrected chi connectivity index (χ1v) is 11.8. The van der Waals surface area contributed by atoms with Crippen molar-refractivity contribution in [3.8, 4) is 34.0 Å². The third-order valence-corrected chi connectivity index (χ3v) is 5.97. The van der Waals surface area contributed by atoms with E-state index in [1.54, 1.807) is 0 Å². The SMILES string of the molecule is Cc1oc(-c2ccccc2)nc1CCOc1cccc(-c2cn(-c3ccccc3)cc2CC(=O)O)c1.